The third kappa shape index (κ3) is 4.85. The predicted molar refractivity (Wildman–Crippen MR) is 101 cm³/mol. The van der Waals surface area contributed by atoms with Gasteiger partial charge in [-0.05, 0) is 24.1 Å². The maximum Gasteiger partial charge on any atom is 0.389 e. The van der Waals surface area contributed by atoms with Crippen molar-refractivity contribution in [1.82, 2.24) is 9.97 Å². The first-order valence-electron chi connectivity index (χ1n) is 8.40. The van der Waals surface area contributed by atoms with E-state index >= 15 is 0 Å². The summed E-state index contributed by atoms with van der Waals surface area (Å²) < 4.78 is 10.7. The molecule has 3 aromatic rings. The number of carbonyl (C=O) groups excluding carboxylic acids is 1. The number of para-hydroxylation sites is 1. The maximum atomic E-state index is 12.4. The van der Waals surface area contributed by atoms with E-state index in [-0.39, 0.29) is 17.3 Å². The van der Waals surface area contributed by atoms with E-state index in [1.807, 2.05) is 37.3 Å². The van der Waals surface area contributed by atoms with Crippen molar-refractivity contribution >= 4 is 11.5 Å². The first-order chi connectivity index (χ1) is 13.7. The molecule has 0 amide bonds. The van der Waals surface area contributed by atoms with Crippen molar-refractivity contribution in [3.05, 3.63) is 84.4 Å². The normalized spacial score (nSPS) is 10.9. The van der Waals surface area contributed by atoms with Crippen LogP contribution in [0.1, 0.15) is 11.1 Å². The van der Waals surface area contributed by atoms with E-state index in [0.717, 1.165) is 5.56 Å². The van der Waals surface area contributed by atoms with Crippen molar-refractivity contribution in [3.8, 4) is 17.5 Å². The fraction of sp³-hybridized carbons (Fsp3) is 0.0952. The van der Waals surface area contributed by atoms with Gasteiger partial charge < -0.3 is 9.47 Å². The maximum absolute atomic E-state index is 12.4. The SMILES string of the molecule is CO/C=C(\C(=O)OOc1cc(Oc2ccccc2C)ncn1)c1ccccc1. The number of ether oxygens (including phenoxy) is 2. The van der Waals surface area contributed by atoms with Crippen LogP contribution in [0.2, 0.25) is 0 Å². The molecule has 0 unspecified atom stereocenters. The van der Waals surface area contributed by atoms with Gasteiger partial charge in [0.05, 0.1) is 19.4 Å². The van der Waals surface area contributed by atoms with Gasteiger partial charge in [-0.15, -0.1) is 0 Å². The van der Waals surface area contributed by atoms with Crippen molar-refractivity contribution in [2.24, 2.45) is 0 Å². The molecular weight excluding hydrogens is 360 g/mol. The molecule has 0 bridgehead atoms. The minimum Gasteiger partial charge on any atom is -0.503 e. The Balaban J connectivity index is 1.68. The largest absolute Gasteiger partial charge is 0.503 e. The summed E-state index contributed by atoms with van der Waals surface area (Å²) in [4.78, 5) is 30.2. The molecule has 28 heavy (non-hydrogen) atoms. The molecule has 1 heterocycles. The van der Waals surface area contributed by atoms with Crippen molar-refractivity contribution in [1.29, 1.82) is 0 Å². The number of nitrogens with zero attached hydrogens (tertiary/aromatic N) is 2. The minimum atomic E-state index is -0.729. The quantitative estimate of drug-likeness (QED) is 0.265. The number of aryl methyl sites for hydroxylation is 1. The summed E-state index contributed by atoms with van der Waals surface area (Å²) in [6.07, 6.45) is 2.54. The van der Waals surface area contributed by atoms with Crippen LogP contribution in [-0.2, 0) is 14.4 Å². The zero-order valence-corrected chi connectivity index (χ0v) is 15.4. The van der Waals surface area contributed by atoms with E-state index in [4.69, 9.17) is 19.2 Å². The van der Waals surface area contributed by atoms with E-state index in [1.165, 1.54) is 25.8 Å². The number of benzene rings is 2. The second-order valence-electron chi connectivity index (χ2n) is 5.65. The van der Waals surface area contributed by atoms with Crippen molar-refractivity contribution in [2.45, 2.75) is 6.92 Å². The van der Waals surface area contributed by atoms with Gasteiger partial charge in [0.2, 0.25) is 5.88 Å². The third-order valence-corrected chi connectivity index (χ3v) is 3.67. The number of hydrogen-bond acceptors (Lipinski definition) is 7. The predicted octanol–water partition coefficient (Wildman–Crippen LogP) is 4.10. The van der Waals surface area contributed by atoms with Crippen molar-refractivity contribution < 1.29 is 24.0 Å². The molecular formula is C21H18N2O5. The van der Waals surface area contributed by atoms with Gasteiger partial charge in [-0.2, -0.15) is 4.98 Å². The molecule has 0 spiro atoms. The Labute approximate surface area is 162 Å². The Hall–Kier alpha value is -3.87. The Morgan fingerprint density at radius 1 is 0.964 bits per heavy atom. The first-order valence-corrected chi connectivity index (χ1v) is 8.40. The highest BCUT2D eigenvalue weighted by Crippen LogP contribution is 2.25. The summed E-state index contributed by atoms with van der Waals surface area (Å²) >= 11 is 0. The Bertz CT molecular complexity index is 973. The number of methoxy groups -OCH3 is 1. The monoisotopic (exact) mass is 378 g/mol. The summed E-state index contributed by atoms with van der Waals surface area (Å²) in [6, 6.07) is 17.9. The van der Waals surface area contributed by atoms with Crippen LogP contribution in [0.3, 0.4) is 0 Å². The summed E-state index contributed by atoms with van der Waals surface area (Å²) in [5, 5.41) is 0. The minimum absolute atomic E-state index is 0.0248. The van der Waals surface area contributed by atoms with Gasteiger partial charge in [0.1, 0.15) is 17.6 Å². The lowest BCUT2D eigenvalue weighted by Gasteiger charge is -2.09. The average molecular weight is 378 g/mol. The van der Waals surface area contributed by atoms with Crippen LogP contribution in [0.25, 0.3) is 5.57 Å². The summed E-state index contributed by atoms with van der Waals surface area (Å²) in [5.41, 5.74) is 1.78. The second kappa shape index (κ2) is 9.18. The zero-order chi connectivity index (χ0) is 19.8. The van der Waals surface area contributed by atoms with Crippen LogP contribution in [0, 0.1) is 6.92 Å². The summed E-state index contributed by atoms with van der Waals surface area (Å²) in [6.45, 7) is 1.92. The molecule has 0 radical (unpaired) electrons. The molecule has 3 rings (SSSR count). The fourth-order valence-corrected chi connectivity index (χ4v) is 2.30. The molecule has 0 aliphatic rings. The highest BCUT2D eigenvalue weighted by Gasteiger charge is 2.17. The fourth-order valence-electron chi connectivity index (χ4n) is 2.30. The molecule has 0 atom stereocenters. The van der Waals surface area contributed by atoms with E-state index < -0.39 is 5.97 Å². The molecule has 2 aromatic carbocycles. The lowest BCUT2D eigenvalue weighted by molar-refractivity contribution is -0.207. The number of carbonyl (C=O) groups is 1. The van der Waals surface area contributed by atoms with Gasteiger partial charge >= 0.3 is 5.97 Å². The smallest absolute Gasteiger partial charge is 0.389 e. The molecule has 1 aromatic heterocycles. The van der Waals surface area contributed by atoms with Gasteiger partial charge in [-0.1, -0.05) is 48.5 Å². The van der Waals surface area contributed by atoms with Crippen LogP contribution in [0.5, 0.6) is 17.5 Å². The summed E-state index contributed by atoms with van der Waals surface area (Å²) in [5.74, 6) is 0.203. The Morgan fingerprint density at radius 2 is 1.68 bits per heavy atom. The number of aromatic nitrogens is 2. The van der Waals surface area contributed by atoms with Crippen LogP contribution in [0.15, 0.2) is 73.3 Å². The Kier molecular flexibility index (Phi) is 6.20. The van der Waals surface area contributed by atoms with E-state index in [9.17, 15) is 4.79 Å². The molecule has 0 N–H and O–H groups in total. The number of rotatable bonds is 7. The highest BCUT2D eigenvalue weighted by atomic mass is 17.2. The van der Waals surface area contributed by atoms with E-state index in [2.05, 4.69) is 9.97 Å². The zero-order valence-electron chi connectivity index (χ0n) is 15.4. The molecule has 142 valence electrons. The van der Waals surface area contributed by atoms with Gasteiger partial charge in [0, 0.05) is 0 Å². The highest BCUT2D eigenvalue weighted by molar-refractivity contribution is 6.15. The topological polar surface area (TPSA) is 79.8 Å². The van der Waals surface area contributed by atoms with Gasteiger partial charge in [-0.3, -0.25) is 4.89 Å². The van der Waals surface area contributed by atoms with Crippen molar-refractivity contribution in [2.75, 3.05) is 7.11 Å². The Morgan fingerprint density at radius 3 is 2.43 bits per heavy atom. The lowest BCUT2D eigenvalue weighted by atomic mass is 10.1. The number of hydrogen-bond donors (Lipinski definition) is 0. The molecule has 0 saturated heterocycles. The van der Waals surface area contributed by atoms with Gasteiger partial charge in [0.25, 0.3) is 5.88 Å². The molecule has 0 aliphatic heterocycles. The molecule has 0 fully saturated rings. The molecule has 0 saturated carbocycles. The lowest BCUT2D eigenvalue weighted by Crippen LogP contribution is -2.11. The van der Waals surface area contributed by atoms with Crippen LogP contribution in [-0.4, -0.2) is 23.0 Å². The summed E-state index contributed by atoms with van der Waals surface area (Å²) in [7, 11) is 1.44. The molecule has 7 heteroatoms. The van der Waals surface area contributed by atoms with Gasteiger partial charge in [-0.25, -0.2) is 14.7 Å². The van der Waals surface area contributed by atoms with E-state index in [1.54, 1.807) is 24.3 Å². The second-order valence-corrected chi connectivity index (χ2v) is 5.65. The first kappa shape index (κ1) is 18.9. The van der Waals surface area contributed by atoms with Crippen LogP contribution < -0.4 is 9.62 Å². The average Bonchev–Trinajstić information content (AvgIpc) is 2.73. The van der Waals surface area contributed by atoms with E-state index in [0.29, 0.717) is 11.3 Å². The van der Waals surface area contributed by atoms with Crippen LogP contribution in [0.4, 0.5) is 0 Å². The van der Waals surface area contributed by atoms with Gasteiger partial charge in [0.15, 0.2) is 0 Å². The van der Waals surface area contributed by atoms with Crippen molar-refractivity contribution in [3.63, 3.8) is 0 Å². The molecule has 7 nitrogen and oxygen atoms in total. The standard InChI is InChI=1S/C21H18N2O5/c1-15-8-6-7-11-18(15)26-19-12-20(23-14-22-19)27-28-21(24)17(13-25-2)16-9-4-3-5-10-16/h3-14H,1-2H3/b17-13-. The molecule has 0 aliphatic carbocycles. The third-order valence-electron chi connectivity index (χ3n) is 3.67. The van der Waals surface area contributed by atoms with Crippen LogP contribution >= 0.6 is 0 Å².